The summed E-state index contributed by atoms with van der Waals surface area (Å²) >= 11 is 0. The van der Waals surface area contributed by atoms with Crippen LogP contribution < -0.4 is 20.9 Å². The van der Waals surface area contributed by atoms with Crippen molar-refractivity contribution in [3.63, 3.8) is 0 Å². The quantitative estimate of drug-likeness (QED) is 0.633. The Bertz CT molecular complexity index is 854. The van der Waals surface area contributed by atoms with Crippen LogP contribution in [0.1, 0.15) is 42.0 Å². The number of ether oxygens (including phenoxy) is 1. The van der Waals surface area contributed by atoms with Crippen LogP contribution >= 0.6 is 0 Å². The topological polar surface area (TPSA) is 92.6 Å². The molecule has 7 nitrogen and oxygen atoms in total. The molecule has 0 spiro atoms. The Morgan fingerprint density at radius 2 is 1.83 bits per heavy atom. The van der Waals surface area contributed by atoms with Crippen LogP contribution in [0.4, 0.5) is 18.0 Å². The van der Waals surface area contributed by atoms with Crippen LogP contribution in [0.2, 0.25) is 0 Å². The van der Waals surface area contributed by atoms with Crippen molar-refractivity contribution in [1.29, 1.82) is 0 Å². The van der Waals surface area contributed by atoms with Crippen LogP contribution in [0.5, 0.6) is 5.75 Å². The first-order valence-electron chi connectivity index (χ1n) is 9.51. The maximum Gasteiger partial charge on any atom is 0.391 e. The lowest BCUT2D eigenvalue weighted by Crippen LogP contribution is -2.51. The van der Waals surface area contributed by atoms with Gasteiger partial charge in [-0.05, 0) is 43.5 Å². The van der Waals surface area contributed by atoms with Gasteiger partial charge < -0.3 is 14.5 Å². The Hall–Kier alpha value is -3.17. The van der Waals surface area contributed by atoms with Gasteiger partial charge in [0.2, 0.25) is 0 Å². The third-order valence-corrected chi connectivity index (χ3v) is 4.77. The smallest absolute Gasteiger partial charge is 0.391 e. The van der Waals surface area contributed by atoms with Crippen molar-refractivity contribution in [3.8, 4) is 5.75 Å². The maximum atomic E-state index is 12.8. The number of amides is 3. The Morgan fingerprint density at radius 3 is 2.57 bits per heavy atom. The van der Waals surface area contributed by atoms with E-state index in [-0.39, 0.29) is 25.2 Å². The van der Waals surface area contributed by atoms with Gasteiger partial charge in [0.15, 0.2) is 5.76 Å². The summed E-state index contributed by atoms with van der Waals surface area (Å²) in [6.45, 7) is 0.118. The molecular formula is C20H22F3N3O4. The van der Waals surface area contributed by atoms with Gasteiger partial charge in [-0.2, -0.15) is 13.2 Å². The zero-order valence-electron chi connectivity index (χ0n) is 16.0. The predicted octanol–water partition coefficient (Wildman–Crippen LogP) is 3.92. The van der Waals surface area contributed by atoms with Crippen LogP contribution in [0.15, 0.2) is 46.9 Å². The summed E-state index contributed by atoms with van der Waals surface area (Å²) in [5.41, 5.74) is 4.29. The number of para-hydroxylation sites is 1. The molecule has 0 radical (unpaired) electrons. The van der Waals surface area contributed by atoms with Gasteiger partial charge in [-0.1, -0.05) is 24.6 Å². The van der Waals surface area contributed by atoms with Crippen LogP contribution in [-0.2, 0) is 6.61 Å². The van der Waals surface area contributed by atoms with Gasteiger partial charge in [0, 0.05) is 6.04 Å². The molecular weight excluding hydrogens is 403 g/mol. The summed E-state index contributed by atoms with van der Waals surface area (Å²) in [5.74, 6) is -1.11. The van der Waals surface area contributed by atoms with Crippen molar-refractivity contribution in [2.24, 2.45) is 5.92 Å². The summed E-state index contributed by atoms with van der Waals surface area (Å²) in [6, 6.07) is 10.7. The molecule has 1 aliphatic carbocycles. The van der Waals surface area contributed by atoms with Gasteiger partial charge in [-0.15, -0.1) is 0 Å². The van der Waals surface area contributed by atoms with Crippen LogP contribution in [0.25, 0.3) is 0 Å². The molecule has 1 saturated carbocycles. The van der Waals surface area contributed by atoms with Gasteiger partial charge in [0.25, 0.3) is 0 Å². The van der Waals surface area contributed by atoms with E-state index in [1.807, 2.05) is 18.2 Å². The molecule has 1 aromatic carbocycles. The Kier molecular flexibility index (Phi) is 6.86. The molecule has 3 rings (SSSR count). The lowest BCUT2D eigenvalue weighted by Gasteiger charge is -2.30. The van der Waals surface area contributed by atoms with E-state index < -0.39 is 30.1 Å². The number of hydrazine groups is 1. The van der Waals surface area contributed by atoms with E-state index in [4.69, 9.17) is 9.15 Å². The van der Waals surface area contributed by atoms with Crippen molar-refractivity contribution in [3.05, 3.63) is 54.0 Å². The highest BCUT2D eigenvalue weighted by molar-refractivity contribution is 5.92. The van der Waals surface area contributed by atoms with E-state index in [0.717, 1.165) is 0 Å². The van der Waals surface area contributed by atoms with E-state index >= 15 is 0 Å². The number of urea groups is 1. The van der Waals surface area contributed by atoms with Gasteiger partial charge in [0.1, 0.15) is 18.1 Å². The number of hydrogen-bond donors (Lipinski definition) is 3. The number of carbonyl (C=O) groups is 2. The summed E-state index contributed by atoms with van der Waals surface area (Å²) in [5, 5.41) is 2.46. The van der Waals surface area contributed by atoms with E-state index in [9.17, 15) is 22.8 Å². The molecule has 2 atom stereocenters. The number of carbonyl (C=O) groups excluding carboxylic acids is 2. The third-order valence-electron chi connectivity index (χ3n) is 4.77. The second-order valence-corrected chi connectivity index (χ2v) is 7.02. The average Bonchev–Trinajstić information content (AvgIpc) is 3.20. The average molecular weight is 425 g/mol. The van der Waals surface area contributed by atoms with Crippen LogP contribution in [0.3, 0.4) is 0 Å². The summed E-state index contributed by atoms with van der Waals surface area (Å²) in [4.78, 5) is 24.0. The highest BCUT2D eigenvalue weighted by Gasteiger charge is 2.42. The molecule has 3 amide bonds. The second-order valence-electron chi connectivity index (χ2n) is 7.02. The molecule has 0 saturated heterocycles. The van der Waals surface area contributed by atoms with E-state index in [2.05, 4.69) is 16.2 Å². The van der Waals surface area contributed by atoms with Crippen molar-refractivity contribution in [2.45, 2.75) is 44.5 Å². The van der Waals surface area contributed by atoms with Crippen LogP contribution in [0, 0.1) is 5.92 Å². The number of halogens is 3. The van der Waals surface area contributed by atoms with E-state index in [1.54, 1.807) is 18.2 Å². The molecule has 1 heterocycles. The number of furan rings is 1. The maximum absolute atomic E-state index is 12.8. The first kappa shape index (κ1) is 21.5. The van der Waals surface area contributed by atoms with Gasteiger partial charge >= 0.3 is 18.1 Å². The fourth-order valence-corrected chi connectivity index (χ4v) is 3.26. The summed E-state index contributed by atoms with van der Waals surface area (Å²) in [6.07, 6.45) is -3.55. The zero-order valence-corrected chi connectivity index (χ0v) is 16.0. The van der Waals surface area contributed by atoms with Gasteiger partial charge in [0.05, 0.1) is 5.92 Å². The number of alkyl halides is 3. The van der Waals surface area contributed by atoms with Crippen molar-refractivity contribution >= 4 is 11.9 Å². The molecule has 2 aromatic rings. The molecule has 2 unspecified atom stereocenters. The molecule has 0 aliphatic heterocycles. The van der Waals surface area contributed by atoms with Crippen molar-refractivity contribution in [1.82, 2.24) is 16.2 Å². The Labute approximate surface area is 170 Å². The fourth-order valence-electron chi connectivity index (χ4n) is 3.26. The molecule has 1 aliphatic rings. The summed E-state index contributed by atoms with van der Waals surface area (Å²) < 4.78 is 49.4. The van der Waals surface area contributed by atoms with E-state index in [0.29, 0.717) is 24.4 Å². The van der Waals surface area contributed by atoms with Crippen molar-refractivity contribution in [2.75, 3.05) is 0 Å². The number of rotatable bonds is 5. The Morgan fingerprint density at radius 1 is 1.07 bits per heavy atom. The Balaban J connectivity index is 1.42. The number of hydrogen-bond acceptors (Lipinski definition) is 4. The largest absolute Gasteiger partial charge is 0.486 e. The SMILES string of the molecule is O=C(NNC(=O)c1ccc(COc2ccccc2)o1)NC1CCCC(C(F)(F)F)C1. The molecule has 1 aromatic heterocycles. The van der Waals surface area contributed by atoms with Crippen LogP contribution in [-0.4, -0.2) is 24.2 Å². The van der Waals surface area contributed by atoms with Gasteiger partial charge in [-0.3, -0.25) is 10.2 Å². The minimum Gasteiger partial charge on any atom is -0.486 e. The molecule has 0 bridgehead atoms. The molecule has 162 valence electrons. The second kappa shape index (κ2) is 9.55. The monoisotopic (exact) mass is 425 g/mol. The predicted molar refractivity (Wildman–Crippen MR) is 100 cm³/mol. The molecule has 30 heavy (non-hydrogen) atoms. The number of benzene rings is 1. The lowest BCUT2D eigenvalue weighted by molar-refractivity contribution is -0.183. The van der Waals surface area contributed by atoms with E-state index in [1.165, 1.54) is 6.07 Å². The molecule has 10 heteroatoms. The highest BCUT2D eigenvalue weighted by Crippen LogP contribution is 2.37. The highest BCUT2D eigenvalue weighted by atomic mass is 19.4. The normalized spacial score (nSPS) is 19.0. The zero-order chi connectivity index (χ0) is 21.6. The minimum atomic E-state index is -4.27. The standard InChI is InChI=1S/C20H22F3N3O4/c21-20(22,23)13-5-4-6-14(11-13)24-19(28)26-25-18(27)17-10-9-16(30-17)12-29-15-7-2-1-3-8-15/h1-3,7-10,13-14H,4-6,11-12H2,(H,25,27)(H2,24,26,28). The molecule has 3 N–H and O–H groups in total. The van der Waals surface area contributed by atoms with Crippen molar-refractivity contribution < 1.29 is 31.9 Å². The first-order chi connectivity index (χ1) is 14.3. The molecule has 1 fully saturated rings. The lowest BCUT2D eigenvalue weighted by atomic mass is 9.85. The minimum absolute atomic E-state index is 0.0447. The van der Waals surface area contributed by atoms with Gasteiger partial charge in [-0.25, -0.2) is 10.2 Å². The fraction of sp³-hybridized carbons (Fsp3) is 0.400. The third kappa shape index (κ3) is 6.16. The number of nitrogens with one attached hydrogen (secondary N) is 3. The summed E-state index contributed by atoms with van der Waals surface area (Å²) in [7, 11) is 0. The first-order valence-corrected chi connectivity index (χ1v) is 9.51.